The van der Waals surface area contributed by atoms with Crippen molar-refractivity contribution in [1.29, 1.82) is 0 Å². The van der Waals surface area contributed by atoms with Crippen molar-refractivity contribution in [1.82, 2.24) is 10.2 Å². The minimum absolute atomic E-state index is 0.0592. The standard InChI is InChI=1S/C47H85N3O4/c1-3-5-7-9-11-13-15-17-19-21-23-25-27-29-34-38-44(39-35-30-28-26-24-22-20-18-16-14-12-10-8-6-4-2)50(46(52)40-48)41-45(51)49-47(53)54-42-43-36-32-31-33-37-43/h31-33,36-37,44H,3-30,34-35,38-42,48H2,1-2H3,(H,49,51,53). The molecule has 1 aromatic carbocycles. The maximum absolute atomic E-state index is 13.1. The lowest BCUT2D eigenvalue weighted by molar-refractivity contribution is -0.137. The van der Waals surface area contributed by atoms with Crippen LogP contribution >= 0.6 is 0 Å². The highest BCUT2D eigenvalue weighted by Crippen LogP contribution is 2.21. The lowest BCUT2D eigenvalue weighted by Crippen LogP contribution is -2.49. The minimum atomic E-state index is -0.801. The molecule has 312 valence electrons. The van der Waals surface area contributed by atoms with E-state index in [1.54, 1.807) is 4.90 Å². The smallest absolute Gasteiger partial charge is 0.414 e. The van der Waals surface area contributed by atoms with Gasteiger partial charge in [-0.1, -0.05) is 237 Å². The number of carbonyl (C=O) groups is 3. The van der Waals surface area contributed by atoms with E-state index in [4.69, 9.17) is 10.5 Å². The molecular weight excluding hydrogens is 671 g/mol. The summed E-state index contributed by atoms with van der Waals surface area (Å²) < 4.78 is 5.25. The third-order valence-corrected chi connectivity index (χ3v) is 11.0. The molecule has 3 amide bonds. The van der Waals surface area contributed by atoms with Crippen molar-refractivity contribution in [2.75, 3.05) is 13.1 Å². The Morgan fingerprint density at radius 2 is 0.907 bits per heavy atom. The maximum Gasteiger partial charge on any atom is 0.414 e. The van der Waals surface area contributed by atoms with Gasteiger partial charge in [0.05, 0.1) is 6.54 Å². The predicted molar refractivity (Wildman–Crippen MR) is 228 cm³/mol. The Hall–Kier alpha value is -2.41. The number of hydrogen-bond acceptors (Lipinski definition) is 5. The van der Waals surface area contributed by atoms with Gasteiger partial charge in [-0.2, -0.15) is 0 Å². The second-order valence-electron chi connectivity index (χ2n) is 16.0. The van der Waals surface area contributed by atoms with E-state index in [2.05, 4.69) is 19.2 Å². The van der Waals surface area contributed by atoms with E-state index < -0.39 is 12.0 Å². The number of alkyl carbamates (subject to hydrolysis) is 1. The Labute approximate surface area is 333 Å². The van der Waals surface area contributed by atoms with Crippen molar-refractivity contribution in [2.45, 2.75) is 232 Å². The molecule has 7 nitrogen and oxygen atoms in total. The number of rotatable bonds is 38. The van der Waals surface area contributed by atoms with Gasteiger partial charge >= 0.3 is 6.09 Å². The molecule has 0 unspecified atom stereocenters. The molecule has 0 saturated heterocycles. The summed E-state index contributed by atoms with van der Waals surface area (Å²) >= 11 is 0. The molecule has 7 heteroatoms. The molecule has 0 aliphatic heterocycles. The molecule has 0 fully saturated rings. The van der Waals surface area contributed by atoms with Crippen molar-refractivity contribution in [3.63, 3.8) is 0 Å². The van der Waals surface area contributed by atoms with Gasteiger partial charge in [0.2, 0.25) is 11.8 Å². The summed E-state index contributed by atoms with van der Waals surface area (Å²) in [5.74, 6) is -0.775. The van der Waals surface area contributed by atoms with Crippen LogP contribution in [0.4, 0.5) is 4.79 Å². The lowest BCUT2D eigenvalue weighted by Gasteiger charge is -2.31. The second-order valence-corrected chi connectivity index (χ2v) is 16.0. The second kappa shape index (κ2) is 37.5. The van der Waals surface area contributed by atoms with E-state index in [1.165, 1.54) is 167 Å². The van der Waals surface area contributed by atoms with Crippen molar-refractivity contribution in [2.24, 2.45) is 5.73 Å². The van der Waals surface area contributed by atoms with Crippen LogP contribution in [0.5, 0.6) is 0 Å². The zero-order valence-corrected chi connectivity index (χ0v) is 35.4. The predicted octanol–water partition coefficient (Wildman–Crippen LogP) is 13.1. The number of nitrogens with zero attached hydrogens (tertiary/aromatic N) is 1. The third-order valence-electron chi connectivity index (χ3n) is 11.0. The Bertz CT molecular complexity index is 970. The van der Waals surface area contributed by atoms with Gasteiger partial charge in [-0.25, -0.2) is 4.79 Å². The number of carbonyl (C=O) groups excluding carboxylic acids is 3. The van der Waals surface area contributed by atoms with E-state index in [-0.39, 0.29) is 31.6 Å². The van der Waals surface area contributed by atoms with Crippen molar-refractivity contribution in [3.05, 3.63) is 35.9 Å². The highest BCUT2D eigenvalue weighted by atomic mass is 16.5. The minimum Gasteiger partial charge on any atom is -0.444 e. The van der Waals surface area contributed by atoms with Crippen LogP contribution < -0.4 is 11.1 Å². The molecule has 0 radical (unpaired) electrons. The fourth-order valence-corrected chi connectivity index (χ4v) is 7.56. The summed E-state index contributed by atoms with van der Waals surface area (Å²) in [6.45, 7) is 4.29. The molecule has 1 rings (SSSR count). The van der Waals surface area contributed by atoms with E-state index >= 15 is 0 Å². The highest BCUT2D eigenvalue weighted by molar-refractivity contribution is 5.94. The fourth-order valence-electron chi connectivity index (χ4n) is 7.56. The molecule has 0 bridgehead atoms. The summed E-state index contributed by atoms with van der Waals surface area (Å²) in [6, 6.07) is 9.29. The van der Waals surface area contributed by atoms with Crippen LogP contribution in [0.1, 0.15) is 225 Å². The first-order valence-corrected chi connectivity index (χ1v) is 23.0. The topological polar surface area (TPSA) is 102 Å². The quantitative estimate of drug-likeness (QED) is 0.0654. The Balaban J connectivity index is 2.46. The molecule has 3 N–H and O–H groups in total. The SMILES string of the molecule is CCCCCCCCCCCCCCCCCC(CCCCCCCCCCCCCCCCC)N(CC(=O)NC(=O)OCc1ccccc1)C(=O)CN. The first kappa shape index (κ1) is 49.6. The zero-order valence-electron chi connectivity index (χ0n) is 35.4. The van der Waals surface area contributed by atoms with Crippen molar-refractivity contribution >= 4 is 17.9 Å². The number of unbranched alkanes of at least 4 members (excludes halogenated alkanes) is 28. The van der Waals surface area contributed by atoms with Crippen molar-refractivity contribution in [3.8, 4) is 0 Å². The monoisotopic (exact) mass is 756 g/mol. The van der Waals surface area contributed by atoms with Gasteiger partial charge in [-0.05, 0) is 18.4 Å². The Morgan fingerprint density at radius 1 is 0.556 bits per heavy atom. The summed E-state index contributed by atoms with van der Waals surface area (Å²) in [5, 5.41) is 2.32. The van der Waals surface area contributed by atoms with Gasteiger partial charge in [-0.15, -0.1) is 0 Å². The van der Waals surface area contributed by atoms with Gasteiger partial charge in [0.25, 0.3) is 0 Å². The summed E-state index contributed by atoms with van der Waals surface area (Å²) in [5.41, 5.74) is 6.70. The third kappa shape index (κ3) is 29.9. The van der Waals surface area contributed by atoms with Gasteiger partial charge in [0.1, 0.15) is 13.2 Å². The van der Waals surface area contributed by atoms with Gasteiger partial charge in [0.15, 0.2) is 0 Å². The van der Waals surface area contributed by atoms with Crippen LogP contribution in [0.3, 0.4) is 0 Å². The molecule has 0 aliphatic carbocycles. The number of benzene rings is 1. The summed E-state index contributed by atoms with van der Waals surface area (Å²) in [4.78, 5) is 40.1. The molecule has 54 heavy (non-hydrogen) atoms. The summed E-state index contributed by atoms with van der Waals surface area (Å²) in [7, 11) is 0. The van der Waals surface area contributed by atoms with Crippen LogP contribution in [0.2, 0.25) is 0 Å². The highest BCUT2D eigenvalue weighted by Gasteiger charge is 2.25. The number of hydrogen-bond donors (Lipinski definition) is 2. The number of imide groups is 1. The fraction of sp³-hybridized carbons (Fsp3) is 0.809. The molecule has 0 spiro atoms. The largest absolute Gasteiger partial charge is 0.444 e. The van der Waals surface area contributed by atoms with Crippen LogP contribution in [0.15, 0.2) is 30.3 Å². The molecular formula is C47H85N3O4. The summed E-state index contributed by atoms with van der Waals surface area (Å²) in [6.07, 6.45) is 40.3. The van der Waals surface area contributed by atoms with E-state index in [0.29, 0.717) is 0 Å². The van der Waals surface area contributed by atoms with Crippen LogP contribution in [-0.2, 0) is 20.9 Å². The average Bonchev–Trinajstić information content (AvgIpc) is 3.18. The number of ether oxygens (including phenoxy) is 1. The molecule has 1 aromatic rings. The van der Waals surface area contributed by atoms with Gasteiger partial charge in [-0.3, -0.25) is 14.9 Å². The van der Waals surface area contributed by atoms with Crippen LogP contribution in [-0.4, -0.2) is 41.9 Å². The van der Waals surface area contributed by atoms with E-state index in [0.717, 1.165) is 44.1 Å². The lowest BCUT2D eigenvalue weighted by atomic mass is 9.98. The van der Waals surface area contributed by atoms with Crippen LogP contribution in [0.25, 0.3) is 0 Å². The zero-order chi connectivity index (χ0) is 39.2. The van der Waals surface area contributed by atoms with Crippen molar-refractivity contribution < 1.29 is 19.1 Å². The Morgan fingerprint density at radius 3 is 1.26 bits per heavy atom. The maximum atomic E-state index is 13.1. The van der Waals surface area contributed by atoms with Gasteiger partial charge < -0.3 is 15.4 Å². The molecule has 0 aliphatic rings. The van der Waals surface area contributed by atoms with Crippen LogP contribution in [0, 0.1) is 0 Å². The first-order chi connectivity index (χ1) is 26.5. The van der Waals surface area contributed by atoms with E-state index in [9.17, 15) is 14.4 Å². The number of nitrogens with two attached hydrogens (primary N) is 1. The normalized spacial score (nSPS) is 11.3. The average molecular weight is 756 g/mol. The molecule has 0 aromatic heterocycles. The Kier molecular flexibility index (Phi) is 34.5. The molecule has 0 saturated carbocycles. The molecule has 0 atom stereocenters. The number of amides is 3. The van der Waals surface area contributed by atoms with Gasteiger partial charge in [0, 0.05) is 6.04 Å². The van der Waals surface area contributed by atoms with E-state index in [1.807, 2.05) is 30.3 Å². The first-order valence-electron chi connectivity index (χ1n) is 23.0. The number of nitrogens with one attached hydrogen (secondary N) is 1. The molecule has 0 heterocycles.